The van der Waals surface area contributed by atoms with Crippen molar-refractivity contribution in [3.63, 3.8) is 0 Å². The first kappa shape index (κ1) is 18.4. The minimum Gasteiger partial charge on any atom is -0.444 e. The Hall–Kier alpha value is -1.62. The summed E-state index contributed by atoms with van der Waals surface area (Å²) in [4.78, 5) is 18.1. The monoisotopic (exact) mass is 307 g/mol. The molecular weight excluding hydrogens is 278 g/mol. The van der Waals surface area contributed by atoms with Gasteiger partial charge >= 0.3 is 6.09 Å². The Morgan fingerprint density at radius 3 is 2.27 bits per heavy atom. The first-order valence-electron chi connectivity index (χ1n) is 7.70. The van der Waals surface area contributed by atoms with Crippen LogP contribution in [-0.4, -0.2) is 40.2 Å². The average molecular weight is 307 g/mol. The van der Waals surface area contributed by atoms with E-state index in [1.165, 1.54) is 5.56 Å². The van der Waals surface area contributed by atoms with E-state index in [2.05, 4.69) is 10.3 Å². The second kappa shape index (κ2) is 7.58. The number of nitrogens with zero attached hydrogens (tertiary/aromatic N) is 2. The number of hydrogen-bond donors (Lipinski definition) is 1. The molecule has 0 aliphatic heterocycles. The molecule has 1 amide bonds. The Balaban J connectivity index is 2.50. The van der Waals surface area contributed by atoms with E-state index >= 15 is 0 Å². The fraction of sp³-hybridized carbons (Fsp3) is 0.647. The molecular formula is C17H29N3O2. The third kappa shape index (κ3) is 6.89. The average Bonchev–Trinajstić information content (AvgIpc) is 2.36. The Labute approximate surface area is 134 Å². The lowest BCUT2D eigenvalue weighted by Gasteiger charge is -2.36. The highest BCUT2D eigenvalue weighted by Crippen LogP contribution is 2.17. The number of rotatable bonds is 5. The van der Waals surface area contributed by atoms with Crippen LogP contribution in [0.25, 0.3) is 0 Å². The third-order valence-corrected chi connectivity index (χ3v) is 3.01. The summed E-state index contributed by atoms with van der Waals surface area (Å²) < 4.78 is 5.49. The van der Waals surface area contributed by atoms with Crippen molar-refractivity contribution in [3.8, 4) is 0 Å². The van der Waals surface area contributed by atoms with Crippen molar-refractivity contribution in [2.24, 2.45) is 0 Å². The molecule has 0 radical (unpaired) electrons. The van der Waals surface area contributed by atoms with Gasteiger partial charge in [0.2, 0.25) is 0 Å². The summed E-state index contributed by atoms with van der Waals surface area (Å²) in [5, 5.41) is 3.34. The molecule has 22 heavy (non-hydrogen) atoms. The number of pyridine rings is 1. The molecule has 5 heteroatoms. The predicted molar refractivity (Wildman–Crippen MR) is 88.6 cm³/mol. The van der Waals surface area contributed by atoms with Crippen LogP contribution in [-0.2, 0) is 11.3 Å². The number of nitrogens with one attached hydrogen (secondary N) is 1. The standard InChI is InChI=1S/C17H29N3O2/c1-16(2,3)20(15(21)22-17(4,5)6)12-11-19-13-14-7-9-18-10-8-14/h7-10,19H,11-13H2,1-6H3. The van der Waals surface area contributed by atoms with Crippen LogP contribution >= 0.6 is 0 Å². The van der Waals surface area contributed by atoms with Gasteiger partial charge in [0.15, 0.2) is 0 Å². The zero-order valence-electron chi connectivity index (χ0n) is 14.6. The summed E-state index contributed by atoms with van der Waals surface area (Å²) in [6.45, 7) is 13.8. The van der Waals surface area contributed by atoms with Gasteiger partial charge in [0.25, 0.3) is 0 Å². The fourth-order valence-corrected chi connectivity index (χ4v) is 1.94. The molecule has 0 unspecified atom stereocenters. The minimum atomic E-state index is -0.481. The fourth-order valence-electron chi connectivity index (χ4n) is 1.94. The van der Waals surface area contributed by atoms with E-state index in [1.807, 2.05) is 53.7 Å². The SMILES string of the molecule is CC(C)(C)OC(=O)N(CCNCc1ccncc1)C(C)(C)C. The molecule has 0 saturated carbocycles. The third-order valence-electron chi connectivity index (χ3n) is 3.01. The summed E-state index contributed by atoms with van der Waals surface area (Å²) in [5.41, 5.74) is 0.417. The van der Waals surface area contributed by atoms with Crippen LogP contribution < -0.4 is 5.32 Å². The predicted octanol–water partition coefficient (Wildman–Crippen LogP) is 3.21. The van der Waals surface area contributed by atoms with Gasteiger partial charge < -0.3 is 15.0 Å². The van der Waals surface area contributed by atoms with Crippen molar-refractivity contribution in [2.45, 2.75) is 59.2 Å². The molecule has 124 valence electrons. The van der Waals surface area contributed by atoms with E-state index in [0.717, 1.165) is 6.54 Å². The first-order valence-corrected chi connectivity index (χ1v) is 7.70. The summed E-state index contributed by atoms with van der Waals surface area (Å²) >= 11 is 0. The van der Waals surface area contributed by atoms with Crippen molar-refractivity contribution in [2.75, 3.05) is 13.1 Å². The lowest BCUT2D eigenvalue weighted by Crippen LogP contribution is -2.50. The van der Waals surface area contributed by atoms with E-state index in [4.69, 9.17) is 4.74 Å². The summed E-state index contributed by atoms with van der Waals surface area (Å²) in [5.74, 6) is 0. The Morgan fingerprint density at radius 2 is 1.77 bits per heavy atom. The van der Waals surface area contributed by atoms with E-state index in [9.17, 15) is 4.79 Å². The van der Waals surface area contributed by atoms with E-state index in [1.54, 1.807) is 17.3 Å². The zero-order chi connectivity index (χ0) is 16.8. The van der Waals surface area contributed by atoms with Crippen molar-refractivity contribution in [1.82, 2.24) is 15.2 Å². The Bertz CT molecular complexity index is 461. The zero-order valence-corrected chi connectivity index (χ0v) is 14.6. The van der Waals surface area contributed by atoms with E-state index < -0.39 is 5.60 Å². The lowest BCUT2D eigenvalue weighted by atomic mass is 10.1. The molecule has 0 fully saturated rings. The minimum absolute atomic E-state index is 0.272. The van der Waals surface area contributed by atoms with Crippen molar-refractivity contribution >= 4 is 6.09 Å². The molecule has 0 atom stereocenters. The number of carbonyl (C=O) groups excluding carboxylic acids is 1. The molecule has 5 nitrogen and oxygen atoms in total. The highest BCUT2D eigenvalue weighted by Gasteiger charge is 2.30. The van der Waals surface area contributed by atoms with Gasteiger partial charge in [-0.3, -0.25) is 4.98 Å². The van der Waals surface area contributed by atoms with Crippen LogP contribution in [0.1, 0.15) is 47.1 Å². The van der Waals surface area contributed by atoms with Gasteiger partial charge in [-0.2, -0.15) is 0 Å². The van der Waals surface area contributed by atoms with Gasteiger partial charge in [-0.1, -0.05) is 0 Å². The number of ether oxygens (including phenoxy) is 1. The van der Waals surface area contributed by atoms with Crippen LogP contribution in [0.5, 0.6) is 0 Å². The van der Waals surface area contributed by atoms with Crippen molar-refractivity contribution in [3.05, 3.63) is 30.1 Å². The van der Waals surface area contributed by atoms with Gasteiger partial charge in [-0.15, -0.1) is 0 Å². The molecule has 1 heterocycles. The topological polar surface area (TPSA) is 54.5 Å². The summed E-state index contributed by atoms with van der Waals surface area (Å²) in [6.07, 6.45) is 3.28. The number of hydrogen-bond acceptors (Lipinski definition) is 4. The van der Waals surface area contributed by atoms with Gasteiger partial charge in [-0.25, -0.2) is 4.79 Å². The molecule has 1 rings (SSSR count). The lowest BCUT2D eigenvalue weighted by molar-refractivity contribution is 0.00663. The van der Waals surface area contributed by atoms with E-state index in [0.29, 0.717) is 13.1 Å². The summed E-state index contributed by atoms with van der Waals surface area (Å²) in [7, 11) is 0. The molecule has 1 aromatic heterocycles. The van der Waals surface area contributed by atoms with Crippen LogP contribution in [0.4, 0.5) is 4.79 Å². The van der Waals surface area contributed by atoms with Gasteiger partial charge in [0.05, 0.1) is 0 Å². The van der Waals surface area contributed by atoms with E-state index in [-0.39, 0.29) is 11.6 Å². The van der Waals surface area contributed by atoms with Crippen LogP contribution in [0.2, 0.25) is 0 Å². The highest BCUT2D eigenvalue weighted by molar-refractivity contribution is 5.69. The molecule has 1 aromatic rings. The van der Waals surface area contributed by atoms with Crippen LogP contribution in [0, 0.1) is 0 Å². The number of amides is 1. The molecule has 0 saturated heterocycles. The molecule has 1 N–H and O–H groups in total. The van der Waals surface area contributed by atoms with Gasteiger partial charge in [0.1, 0.15) is 5.60 Å². The Morgan fingerprint density at radius 1 is 1.18 bits per heavy atom. The number of aromatic nitrogens is 1. The van der Waals surface area contributed by atoms with Crippen LogP contribution in [0.15, 0.2) is 24.5 Å². The van der Waals surface area contributed by atoms with Crippen molar-refractivity contribution < 1.29 is 9.53 Å². The smallest absolute Gasteiger partial charge is 0.410 e. The normalized spacial score (nSPS) is 12.1. The molecule has 0 spiro atoms. The maximum atomic E-state index is 12.3. The summed E-state index contributed by atoms with van der Waals surface area (Å²) in [6, 6.07) is 3.95. The highest BCUT2D eigenvalue weighted by atomic mass is 16.6. The largest absolute Gasteiger partial charge is 0.444 e. The number of carbonyl (C=O) groups is 1. The van der Waals surface area contributed by atoms with Gasteiger partial charge in [0, 0.05) is 37.6 Å². The van der Waals surface area contributed by atoms with Gasteiger partial charge in [-0.05, 0) is 59.2 Å². The second-order valence-corrected chi connectivity index (χ2v) is 7.34. The Kier molecular flexibility index (Phi) is 6.35. The molecule has 0 bridgehead atoms. The first-order chi connectivity index (χ1) is 10.1. The quantitative estimate of drug-likeness (QED) is 0.849. The molecule has 0 aromatic carbocycles. The molecule has 0 aliphatic carbocycles. The molecule has 0 aliphatic rings. The maximum absolute atomic E-state index is 12.3. The van der Waals surface area contributed by atoms with Crippen LogP contribution in [0.3, 0.4) is 0 Å². The van der Waals surface area contributed by atoms with Crippen molar-refractivity contribution in [1.29, 1.82) is 0 Å². The second-order valence-electron chi connectivity index (χ2n) is 7.34. The maximum Gasteiger partial charge on any atom is 0.410 e.